The highest BCUT2D eigenvalue weighted by molar-refractivity contribution is 6.00. The molecule has 2 aromatic carbocycles. The number of aromatic nitrogens is 1. The minimum Gasteiger partial charge on any atom is -0.462 e. The second kappa shape index (κ2) is 7.12. The number of fused-ring (bicyclic) bond motifs is 1. The third-order valence-electron chi connectivity index (χ3n) is 4.41. The van der Waals surface area contributed by atoms with Crippen LogP contribution >= 0.6 is 0 Å². The van der Waals surface area contributed by atoms with Gasteiger partial charge in [-0.2, -0.15) is 0 Å². The summed E-state index contributed by atoms with van der Waals surface area (Å²) < 4.78 is 62.4. The number of esters is 1. The van der Waals surface area contributed by atoms with E-state index < -0.39 is 62.7 Å². The van der Waals surface area contributed by atoms with Crippen LogP contribution in [0.5, 0.6) is 0 Å². The van der Waals surface area contributed by atoms with Gasteiger partial charge in [0.15, 0.2) is 11.6 Å². The predicted octanol–water partition coefficient (Wildman–Crippen LogP) is 3.20. The van der Waals surface area contributed by atoms with E-state index in [1.54, 1.807) is 0 Å². The van der Waals surface area contributed by atoms with Crippen LogP contribution in [0.25, 0.3) is 16.6 Å². The molecule has 0 saturated carbocycles. The Balaban J connectivity index is 2.59. The lowest BCUT2D eigenvalue weighted by molar-refractivity contribution is 0.0524. The lowest BCUT2D eigenvalue weighted by Crippen LogP contribution is -2.23. The second-order valence-electron chi connectivity index (χ2n) is 6.18. The molecule has 0 saturated heterocycles. The SMILES string of the molecule is CCOC(=O)c1cn(-c2cc(N)c(F)cc2F)c2c(C)c(F)c(F)c(N)c2c1=O. The molecule has 1 heterocycles. The maximum Gasteiger partial charge on any atom is 0.343 e. The van der Waals surface area contributed by atoms with Gasteiger partial charge >= 0.3 is 5.97 Å². The van der Waals surface area contributed by atoms with E-state index in [4.69, 9.17) is 16.2 Å². The Morgan fingerprint density at radius 2 is 1.76 bits per heavy atom. The van der Waals surface area contributed by atoms with Crippen LogP contribution in [0, 0.1) is 30.2 Å². The highest BCUT2D eigenvalue weighted by Gasteiger charge is 2.26. The van der Waals surface area contributed by atoms with E-state index in [-0.39, 0.29) is 17.7 Å². The molecule has 0 bridgehead atoms. The molecule has 3 rings (SSSR count). The molecule has 0 aliphatic heterocycles. The number of carbonyl (C=O) groups excluding carboxylic acids is 1. The fraction of sp³-hybridized carbons (Fsp3) is 0.158. The van der Waals surface area contributed by atoms with Crippen molar-refractivity contribution < 1.29 is 27.1 Å². The summed E-state index contributed by atoms with van der Waals surface area (Å²) in [5.41, 5.74) is 7.10. The van der Waals surface area contributed by atoms with Crippen LogP contribution < -0.4 is 16.9 Å². The molecule has 0 spiro atoms. The van der Waals surface area contributed by atoms with Crippen LogP contribution in [0.3, 0.4) is 0 Å². The molecule has 29 heavy (non-hydrogen) atoms. The normalized spacial score (nSPS) is 11.1. The first-order valence-electron chi connectivity index (χ1n) is 8.34. The second-order valence-corrected chi connectivity index (χ2v) is 6.18. The van der Waals surface area contributed by atoms with E-state index in [1.165, 1.54) is 6.92 Å². The molecule has 4 N–H and O–H groups in total. The molecule has 0 unspecified atom stereocenters. The van der Waals surface area contributed by atoms with E-state index in [9.17, 15) is 27.2 Å². The Morgan fingerprint density at radius 3 is 2.38 bits per heavy atom. The molecule has 0 radical (unpaired) electrons. The summed E-state index contributed by atoms with van der Waals surface area (Å²) in [5, 5.41) is -0.547. The average Bonchev–Trinajstić information content (AvgIpc) is 2.67. The van der Waals surface area contributed by atoms with Gasteiger partial charge in [-0.05, 0) is 19.9 Å². The molecular formula is C19H15F4N3O3. The minimum absolute atomic E-state index is 0.0829. The van der Waals surface area contributed by atoms with Gasteiger partial charge in [-0.15, -0.1) is 0 Å². The van der Waals surface area contributed by atoms with Crippen molar-refractivity contribution in [3.8, 4) is 5.69 Å². The van der Waals surface area contributed by atoms with Gasteiger partial charge in [0.1, 0.15) is 17.2 Å². The zero-order valence-electron chi connectivity index (χ0n) is 15.3. The van der Waals surface area contributed by atoms with Crippen LogP contribution in [-0.2, 0) is 4.74 Å². The van der Waals surface area contributed by atoms with Crippen molar-refractivity contribution in [2.24, 2.45) is 0 Å². The lowest BCUT2D eigenvalue weighted by atomic mass is 10.0. The number of aryl methyl sites for hydroxylation is 1. The van der Waals surface area contributed by atoms with Crippen molar-refractivity contribution in [2.45, 2.75) is 13.8 Å². The van der Waals surface area contributed by atoms with Crippen LogP contribution in [0.1, 0.15) is 22.8 Å². The van der Waals surface area contributed by atoms with Crippen molar-refractivity contribution in [3.63, 3.8) is 0 Å². The number of pyridine rings is 1. The van der Waals surface area contributed by atoms with Gasteiger partial charge in [0, 0.05) is 17.8 Å². The number of carbonyl (C=O) groups is 1. The predicted molar refractivity (Wildman–Crippen MR) is 98.9 cm³/mol. The van der Waals surface area contributed by atoms with Crippen LogP contribution in [0.15, 0.2) is 23.1 Å². The van der Waals surface area contributed by atoms with Crippen LogP contribution in [-0.4, -0.2) is 17.1 Å². The number of hydrogen-bond acceptors (Lipinski definition) is 5. The number of anilines is 2. The van der Waals surface area contributed by atoms with E-state index in [0.717, 1.165) is 23.8 Å². The van der Waals surface area contributed by atoms with Crippen molar-refractivity contribution in [3.05, 3.63) is 62.9 Å². The highest BCUT2D eigenvalue weighted by atomic mass is 19.2. The summed E-state index contributed by atoms with van der Waals surface area (Å²) in [6, 6.07) is 1.37. The molecule has 3 aromatic rings. The molecule has 0 amide bonds. The number of nitrogen functional groups attached to an aromatic ring is 2. The standard InChI is InChI=1S/C19H15F4N3O3/c1-3-29-19(28)8-6-26(12-5-11(24)9(20)4-10(12)21)17-7(2)14(22)15(23)16(25)13(17)18(8)27/h4-6H,3,24-25H2,1-2H3. The summed E-state index contributed by atoms with van der Waals surface area (Å²) in [6.07, 6.45) is 0.891. The fourth-order valence-electron chi connectivity index (χ4n) is 3.01. The Morgan fingerprint density at radius 1 is 1.10 bits per heavy atom. The monoisotopic (exact) mass is 409 g/mol. The Hall–Kier alpha value is -3.56. The van der Waals surface area contributed by atoms with Crippen molar-refractivity contribution in [1.82, 2.24) is 4.57 Å². The van der Waals surface area contributed by atoms with E-state index in [0.29, 0.717) is 6.07 Å². The zero-order valence-corrected chi connectivity index (χ0v) is 15.3. The van der Waals surface area contributed by atoms with E-state index in [2.05, 4.69) is 0 Å². The maximum absolute atomic E-state index is 14.5. The number of ether oxygens (including phenoxy) is 1. The molecule has 10 heteroatoms. The quantitative estimate of drug-likeness (QED) is 0.393. The molecular weight excluding hydrogens is 394 g/mol. The first-order chi connectivity index (χ1) is 13.6. The van der Waals surface area contributed by atoms with Gasteiger partial charge in [0.2, 0.25) is 5.43 Å². The van der Waals surface area contributed by atoms with Crippen LogP contribution in [0.2, 0.25) is 0 Å². The number of hydrogen-bond donors (Lipinski definition) is 2. The minimum atomic E-state index is -1.49. The van der Waals surface area contributed by atoms with Gasteiger partial charge in [-0.25, -0.2) is 22.4 Å². The maximum atomic E-state index is 14.5. The molecule has 6 nitrogen and oxygen atoms in total. The molecule has 152 valence electrons. The largest absolute Gasteiger partial charge is 0.462 e. The Kier molecular flexibility index (Phi) is 4.95. The smallest absolute Gasteiger partial charge is 0.343 e. The van der Waals surface area contributed by atoms with Gasteiger partial charge < -0.3 is 20.8 Å². The summed E-state index contributed by atoms with van der Waals surface area (Å²) in [5.74, 6) is -6.10. The number of benzene rings is 2. The molecule has 0 fully saturated rings. The zero-order chi connectivity index (χ0) is 21.6. The number of halogens is 4. The number of nitrogens with zero attached hydrogens (tertiary/aromatic N) is 1. The van der Waals surface area contributed by atoms with Gasteiger partial charge in [-0.1, -0.05) is 0 Å². The first-order valence-corrected chi connectivity index (χ1v) is 8.34. The topological polar surface area (TPSA) is 100 Å². The van der Waals surface area contributed by atoms with Crippen molar-refractivity contribution >= 4 is 28.2 Å². The fourth-order valence-corrected chi connectivity index (χ4v) is 3.01. The van der Waals surface area contributed by atoms with E-state index in [1.807, 2.05) is 0 Å². The van der Waals surface area contributed by atoms with Crippen LogP contribution in [0.4, 0.5) is 28.9 Å². The van der Waals surface area contributed by atoms with Gasteiger partial charge in [0.25, 0.3) is 0 Å². The molecule has 0 aliphatic rings. The summed E-state index contributed by atoms with van der Waals surface area (Å²) in [4.78, 5) is 25.0. The number of nitrogens with two attached hydrogens (primary N) is 2. The number of rotatable bonds is 3. The van der Waals surface area contributed by atoms with Gasteiger partial charge in [-0.3, -0.25) is 4.79 Å². The Bertz CT molecular complexity index is 1240. The summed E-state index contributed by atoms with van der Waals surface area (Å²) in [6.45, 7) is 2.55. The molecule has 1 aromatic heterocycles. The third-order valence-corrected chi connectivity index (χ3v) is 4.41. The summed E-state index contributed by atoms with van der Waals surface area (Å²) in [7, 11) is 0. The van der Waals surface area contributed by atoms with Crippen molar-refractivity contribution in [2.75, 3.05) is 18.1 Å². The molecule has 0 aliphatic carbocycles. The van der Waals surface area contributed by atoms with E-state index >= 15 is 0 Å². The third kappa shape index (κ3) is 3.06. The average molecular weight is 409 g/mol. The highest BCUT2D eigenvalue weighted by Crippen LogP contribution is 2.32. The Labute approximate surface area is 161 Å². The van der Waals surface area contributed by atoms with Crippen molar-refractivity contribution in [1.29, 1.82) is 0 Å². The first kappa shape index (κ1) is 20.2. The lowest BCUT2D eigenvalue weighted by Gasteiger charge is -2.18. The molecule has 0 atom stereocenters. The van der Waals surface area contributed by atoms with Gasteiger partial charge in [0.05, 0.1) is 34.6 Å². The summed E-state index contributed by atoms with van der Waals surface area (Å²) >= 11 is 0.